The molecule has 0 aromatic heterocycles. The average molecular weight is 412 g/mol. The Morgan fingerprint density at radius 1 is 1.21 bits per heavy atom. The van der Waals surface area contributed by atoms with Crippen LogP contribution in [0.1, 0.15) is 18.1 Å². The van der Waals surface area contributed by atoms with Crippen molar-refractivity contribution in [2.75, 3.05) is 13.7 Å². The van der Waals surface area contributed by atoms with Gasteiger partial charge in [0.05, 0.1) is 23.1 Å². The minimum atomic E-state index is -3.75. The van der Waals surface area contributed by atoms with Crippen LogP contribution in [0.3, 0.4) is 0 Å². The zero-order valence-corrected chi connectivity index (χ0v) is 16.0. The van der Waals surface area contributed by atoms with Crippen molar-refractivity contribution in [2.45, 2.75) is 18.7 Å². The van der Waals surface area contributed by atoms with Crippen molar-refractivity contribution in [3.8, 4) is 11.5 Å². The van der Waals surface area contributed by atoms with Crippen LogP contribution in [-0.2, 0) is 10.0 Å². The zero-order valence-electron chi connectivity index (χ0n) is 13.6. The summed E-state index contributed by atoms with van der Waals surface area (Å²) in [5.74, 6) is 1.07. The fourth-order valence-electron chi connectivity index (χ4n) is 2.00. The van der Waals surface area contributed by atoms with Crippen LogP contribution in [0.25, 0.3) is 0 Å². The summed E-state index contributed by atoms with van der Waals surface area (Å²) in [6, 6.07) is 9.94. The highest BCUT2D eigenvalue weighted by molar-refractivity contribution is 9.10. The van der Waals surface area contributed by atoms with Crippen molar-refractivity contribution in [2.24, 2.45) is 4.40 Å². The predicted octanol–water partition coefficient (Wildman–Crippen LogP) is 3.97. The Morgan fingerprint density at radius 2 is 1.88 bits per heavy atom. The average Bonchev–Trinajstić information content (AvgIpc) is 2.55. The molecule has 0 atom stereocenters. The minimum absolute atomic E-state index is 0.154. The lowest BCUT2D eigenvalue weighted by atomic mass is 10.2. The Labute approximate surface area is 150 Å². The van der Waals surface area contributed by atoms with E-state index in [0.29, 0.717) is 28.1 Å². The van der Waals surface area contributed by atoms with Gasteiger partial charge in [0.15, 0.2) is 11.5 Å². The van der Waals surface area contributed by atoms with E-state index in [-0.39, 0.29) is 4.90 Å². The molecule has 0 aliphatic carbocycles. The van der Waals surface area contributed by atoms with E-state index >= 15 is 0 Å². The third kappa shape index (κ3) is 4.36. The molecule has 0 saturated carbocycles. The largest absolute Gasteiger partial charge is 0.493 e. The summed E-state index contributed by atoms with van der Waals surface area (Å²) in [5, 5.41) is 0. The van der Waals surface area contributed by atoms with Crippen LogP contribution in [0.2, 0.25) is 0 Å². The third-order valence-electron chi connectivity index (χ3n) is 3.20. The first-order valence-corrected chi connectivity index (χ1v) is 9.48. The van der Waals surface area contributed by atoms with E-state index in [2.05, 4.69) is 20.3 Å². The molecule has 0 spiro atoms. The summed E-state index contributed by atoms with van der Waals surface area (Å²) in [4.78, 5) is 0.154. The van der Waals surface area contributed by atoms with Crippen molar-refractivity contribution in [3.63, 3.8) is 0 Å². The number of halogens is 1. The second kappa shape index (κ2) is 7.81. The quantitative estimate of drug-likeness (QED) is 0.674. The van der Waals surface area contributed by atoms with E-state index in [1.165, 1.54) is 25.5 Å². The number of sulfonamides is 1. The van der Waals surface area contributed by atoms with Gasteiger partial charge in [-0.2, -0.15) is 12.8 Å². The molecule has 0 unspecified atom stereocenters. The summed E-state index contributed by atoms with van der Waals surface area (Å²) >= 11 is 3.40. The highest BCUT2D eigenvalue weighted by Gasteiger charge is 2.13. The van der Waals surface area contributed by atoms with Gasteiger partial charge in [0.25, 0.3) is 10.0 Å². The van der Waals surface area contributed by atoms with Gasteiger partial charge in [0.1, 0.15) is 0 Å². The van der Waals surface area contributed by atoms with Crippen LogP contribution < -0.4 is 9.47 Å². The normalized spacial score (nSPS) is 11.7. The molecule has 128 valence electrons. The van der Waals surface area contributed by atoms with Crippen molar-refractivity contribution in [1.29, 1.82) is 0 Å². The lowest BCUT2D eigenvalue weighted by molar-refractivity contribution is 0.309. The van der Waals surface area contributed by atoms with Gasteiger partial charge in [-0.25, -0.2) is 0 Å². The summed E-state index contributed by atoms with van der Waals surface area (Å²) in [6.07, 6.45) is 1.29. The van der Waals surface area contributed by atoms with E-state index < -0.39 is 10.0 Å². The molecule has 0 saturated heterocycles. The number of nitrogens with zero attached hydrogens (tertiary/aromatic N) is 1. The molecule has 0 N–H and O–H groups in total. The molecule has 7 heteroatoms. The fraction of sp³-hybridized carbons (Fsp3) is 0.235. The Morgan fingerprint density at radius 3 is 2.46 bits per heavy atom. The number of methoxy groups -OCH3 is 1. The number of hydrogen-bond donors (Lipinski definition) is 0. The van der Waals surface area contributed by atoms with Crippen LogP contribution in [0.4, 0.5) is 0 Å². The molecule has 2 rings (SSSR count). The monoisotopic (exact) mass is 411 g/mol. The number of hydrogen-bond acceptors (Lipinski definition) is 4. The lowest BCUT2D eigenvalue weighted by Gasteiger charge is -2.11. The molecule has 0 amide bonds. The number of ether oxygens (including phenoxy) is 2. The first-order chi connectivity index (χ1) is 11.4. The number of rotatable bonds is 6. The molecule has 5 nitrogen and oxygen atoms in total. The second-order valence-corrected chi connectivity index (χ2v) is 7.48. The summed E-state index contributed by atoms with van der Waals surface area (Å²) in [7, 11) is -2.22. The van der Waals surface area contributed by atoms with Crippen molar-refractivity contribution in [3.05, 3.63) is 52.0 Å². The van der Waals surface area contributed by atoms with Crippen molar-refractivity contribution in [1.82, 2.24) is 0 Å². The molecule has 2 aromatic carbocycles. The van der Waals surface area contributed by atoms with Gasteiger partial charge in [0, 0.05) is 6.21 Å². The molecule has 0 bridgehead atoms. The molecule has 2 aromatic rings. The summed E-state index contributed by atoms with van der Waals surface area (Å²) < 4.78 is 39.7. The van der Waals surface area contributed by atoms with Crippen LogP contribution in [0.15, 0.2) is 50.2 Å². The molecule has 24 heavy (non-hydrogen) atoms. The van der Waals surface area contributed by atoms with Crippen LogP contribution in [-0.4, -0.2) is 28.3 Å². The van der Waals surface area contributed by atoms with E-state index in [1.807, 2.05) is 13.8 Å². The first kappa shape index (κ1) is 18.5. The SMILES string of the molecule is CCOc1c(Br)cc(/C=N\S(=O)(=O)c2ccc(C)cc2)cc1OC. The molecular weight excluding hydrogens is 394 g/mol. The molecule has 0 heterocycles. The zero-order chi connectivity index (χ0) is 17.7. The van der Waals surface area contributed by atoms with Gasteiger partial charge in [-0.05, 0) is 59.6 Å². The van der Waals surface area contributed by atoms with Gasteiger partial charge in [0.2, 0.25) is 0 Å². The Kier molecular flexibility index (Phi) is 6.01. The fourth-order valence-corrected chi connectivity index (χ4v) is 3.44. The van der Waals surface area contributed by atoms with Gasteiger partial charge >= 0.3 is 0 Å². The van der Waals surface area contributed by atoms with E-state index in [9.17, 15) is 8.42 Å². The van der Waals surface area contributed by atoms with Crippen LogP contribution in [0, 0.1) is 6.92 Å². The van der Waals surface area contributed by atoms with Crippen LogP contribution >= 0.6 is 15.9 Å². The van der Waals surface area contributed by atoms with E-state index in [0.717, 1.165) is 5.56 Å². The Bertz CT molecular complexity index is 846. The van der Waals surface area contributed by atoms with Gasteiger partial charge in [-0.15, -0.1) is 0 Å². The molecule has 0 fully saturated rings. The first-order valence-electron chi connectivity index (χ1n) is 7.24. The summed E-state index contributed by atoms with van der Waals surface area (Å²) in [6.45, 7) is 4.25. The Hall–Kier alpha value is -1.86. The van der Waals surface area contributed by atoms with E-state index in [4.69, 9.17) is 9.47 Å². The standard InChI is InChI=1S/C17H18BrNO4S/c1-4-23-17-15(18)9-13(10-16(17)22-3)11-19-24(20,21)14-7-5-12(2)6-8-14/h5-11H,4H2,1-3H3/b19-11-. The van der Waals surface area contributed by atoms with Gasteiger partial charge in [-0.3, -0.25) is 0 Å². The molecular formula is C17H18BrNO4S. The topological polar surface area (TPSA) is 65.0 Å². The highest BCUT2D eigenvalue weighted by atomic mass is 79.9. The molecule has 0 aliphatic heterocycles. The third-order valence-corrected chi connectivity index (χ3v) is 5.04. The van der Waals surface area contributed by atoms with Crippen molar-refractivity contribution >= 4 is 32.2 Å². The predicted molar refractivity (Wildman–Crippen MR) is 97.8 cm³/mol. The maximum absolute atomic E-state index is 12.3. The Balaban J connectivity index is 2.34. The molecule has 0 radical (unpaired) electrons. The highest BCUT2D eigenvalue weighted by Crippen LogP contribution is 2.36. The maximum Gasteiger partial charge on any atom is 0.282 e. The molecule has 0 aliphatic rings. The number of aryl methyl sites for hydroxylation is 1. The smallest absolute Gasteiger partial charge is 0.282 e. The lowest BCUT2D eigenvalue weighted by Crippen LogP contribution is -2.00. The van der Waals surface area contributed by atoms with Crippen LogP contribution in [0.5, 0.6) is 11.5 Å². The minimum Gasteiger partial charge on any atom is -0.493 e. The second-order valence-electron chi connectivity index (χ2n) is 4.99. The van der Waals surface area contributed by atoms with Gasteiger partial charge < -0.3 is 9.47 Å². The summed E-state index contributed by atoms with van der Waals surface area (Å²) in [5.41, 5.74) is 1.57. The van der Waals surface area contributed by atoms with E-state index in [1.54, 1.807) is 24.3 Å². The van der Waals surface area contributed by atoms with Gasteiger partial charge in [-0.1, -0.05) is 17.7 Å². The van der Waals surface area contributed by atoms with Crippen molar-refractivity contribution < 1.29 is 17.9 Å². The maximum atomic E-state index is 12.3. The number of benzene rings is 2.